The lowest BCUT2D eigenvalue weighted by Gasteiger charge is -2.09. The number of rotatable bonds is 0. The molecule has 21 heavy (non-hydrogen) atoms. The maximum absolute atomic E-state index is 12.8. The van der Waals surface area contributed by atoms with Crippen LogP contribution in [0.15, 0.2) is 23.0 Å². The number of fused-ring (bicyclic) bond motifs is 3. The molecular formula is C15H13F3N2O. The average Bonchev–Trinajstić information content (AvgIpc) is 2.62. The highest BCUT2D eigenvalue weighted by atomic mass is 19.4. The first kappa shape index (κ1) is 13.7. The van der Waals surface area contributed by atoms with Gasteiger partial charge in [0.15, 0.2) is 5.43 Å². The summed E-state index contributed by atoms with van der Waals surface area (Å²) in [6.07, 6.45) is -4.57. The van der Waals surface area contributed by atoms with E-state index in [9.17, 15) is 18.0 Å². The van der Waals surface area contributed by atoms with E-state index in [1.807, 2.05) is 25.5 Å². The minimum absolute atomic E-state index is 0.205. The molecule has 0 radical (unpaired) electrons. The number of nitrogens with zero attached hydrogens (tertiary/aromatic N) is 1. The van der Waals surface area contributed by atoms with Gasteiger partial charge in [-0.1, -0.05) is 0 Å². The second-order valence-corrected chi connectivity index (χ2v) is 5.20. The van der Waals surface area contributed by atoms with E-state index in [2.05, 4.69) is 4.98 Å². The molecular weight excluding hydrogens is 281 g/mol. The van der Waals surface area contributed by atoms with Crippen molar-refractivity contribution >= 4 is 21.8 Å². The van der Waals surface area contributed by atoms with Gasteiger partial charge < -0.3 is 9.55 Å². The van der Waals surface area contributed by atoms with Gasteiger partial charge in [-0.2, -0.15) is 13.2 Å². The molecule has 0 fully saturated rings. The second-order valence-electron chi connectivity index (χ2n) is 5.20. The van der Waals surface area contributed by atoms with Gasteiger partial charge in [0.2, 0.25) is 0 Å². The van der Waals surface area contributed by atoms with Crippen molar-refractivity contribution in [3.63, 3.8) is 0 Å². The lowest BCUT2D eigenvalue weighted by Crippen LogP contribution is -2.14. The predicted octanol–water partition coefficient (Wildman–Crippen LogP) is 3.66. The standard InChI is InChI=1S/C15H13F3N2O/c1-7-8(2)20(3)10-5-4-9-14(13(7)10)11(21)6-12(19-9)15(16,17)18/h4-6H,1-3H3,(H,19,21). The summed E-state index contributed by atoms with van der Waals surface area (Å²) >= 11 is 0. The molecule has 0 amide bonds. The van der Waals surface area contributed by atoms with Crippen LogP contribution in [0.25, 0.3) is 21.8 Å². The van der Waals surface area contributed by atoms with Crippen molar-refractivity contribution in [3.8, 4) is 0 Å². The van der Waals surface area contributed by atoms with Crippen LogP contribution in [0.1, 0.15) is 17.0 Å². The Morgan fingerprint density at radius 3 is 2.43 bits per heavy atom. The summed E-state index contributed by atoms with van der Waals surface area (Å²) in [6, 6.07) is 3.88. The first-order valence-electron chi connectivity index (χ1n) is 6.40. The van der Waals surface area contributed by atoms with Gasteiger partial charge in [-0.15, -0.1) is 0 Å². The van der Waals surface area contributed by atoms with E-state index in [0.29, 0.717) is 16.8 Å². The monoisotopic (exact) mass is 294 g/mol. The predicted molar refractivity (Wildman–Crippen MR) is 75.5 cm³/mol. The highest BCUT2D eigenvalue weighted by Crippen LogP contribution is 2.32. The fourth-order valence-electron chi connectivity index (χ4n) is 2.76. The van der Waals surface area contributed by atoms with Crippen molar-refractivity contribution in [1.82, 2.24) is 9.55 Å². The van der Waals surface area contributed by atoms with Crippen LogP contribution in [0.2, 0.25) is 0 Å². The van der Waals surface area contributed by atoms with Crippen LogP contribution >= 0.6 is 0 Å². The maximum Gasteiger partial charge on any atom is 0.431 e. The number of halogens is 3. The molecule has 3 rings (SSSR count). The Labute approximate surface area is 118 Å². The molecule has 2 heterocycles. The van der Waals surface area contributed by atoms with E-state index in [1.165, 1.54) is 6.07 Å². The van der Waals surface area contributed by atoms with Crippen molar-refractivity contribution in [2.75, 3.05) is 0 Å². The summed E-state index contributed by atoms with van der Waals surface area (Å²) in [5.41, 5.74) is 1.29. The summed E-state index contributed by atoms with van der Waals surface area (Å²) in [5.74, 6) is 0. The largest absolute Gasteiger partial charge is 0.431 e. The zero-order valence-electron chi connectivity index (χ0n) is 11.7. The molecule has 0 spiro atoms. The topological polar surface area (TPSA) is 37.8 Å². The molecule has 2 aromatic heterocycles. The number of aryl methyl sites for hydroxylation is 2. The molecule has 3 nitrogen and oxygen atoms in total. The number of aromatic amines is 1. The number of alkyl halides is 3. The fourth-order valence-corrected chi connectivity index (χ4v) is 2.76. The van der Waals surface area contributed by atoms with Crippen LogP contribution < -0.4 is 5.43 Å². The van der Waals surface area contributed by atoms with Crippen LogP contribution in [0, 0.1) is 13.8 Å². The van der Waals surface area contributed by atoms with Gasteiger partial charge in [-0.25, -0.2) is 0 Å². The smallest absolute Gasteiger partial charge is 0.351 e. The van der Waals surface area contributed by atoms with E-state index in [-0.39, 0.29) is 5.52 Å². The first-order valence-corrected chi connectivity index (χ1v) is 6.40. The van der Waals surface area contributed by atoms with E-state index in [4.69, 9.17) is 0 Å². The maximum atomic E-state index is 12.8. The number of nitrogens with one attached hydrogen (secondary N) is 1. The second kappa shape index (κ2) is 4.13. The molecule has 0 aliphatic heterocycles. The zero-order valence-corrected chi connectivity index (χ0v) is 11.7. The van der Waals surface area contributed by atoms with Crippen LogP contribution in [0.3, 0.4) is 0 Å². The molecule has 0 unspecified atom stereocenters. The molecule has 1 aromatic carbocycles. The summed E-state index contributed by atoms with van der Waals surface area (Å²) in [6.45, 7) is 3.79. The Hall–Kier alpha value is -2.24. The number of H-pyrrole nitrogens is 1. The van der Waals surface area contributed by atoms with Crippen LogP contribution in [-0.4, -0.2) is 9.55 Å². The molecule has 0 aliphatic carbocycles. The normalized spacial score (nSPS) is 12.5. The third-order valence-corrected chi connectivity index (χ3v) is 4.06. The van der Waals surface area contributed by atoms with Crippen molar-refractivity contribution in [1.29, 1.82) is 0 Å². The fraction of sp³-hybridized carbons (Fsp3) is 0.267. The van der Waals surface area contributed by atoms with E-state index in [1.54, 1.807) is 6.07 Å². The zero-order chi connectivity index (χ0) is 15.5. The molecule has 3 aromatic rings. The summed E-state index contributed by atoms with van der Waals surface area (Å²) < 4.78 is 40.3. The number of pyridine rings is 1. The molecule has 0 saturated carbocycles. The van der Waals surface area contributed by atoms with Crippen LogP contribution in [-0.2, 0) is 13.2 Å². The third kappa shape index (κ3) is 1.86. The van der Waals surface area contributed by atoms with Gasteiger partial charge in [-0.05, 0) is 31.5 Å². The Morgan fingerprint density at radius 2 is 1.81 bits per heavy atom. The van der Waals surface area contributed by atoms with Crippen LogP contribution in [0.5, 0.6) is 0 Å². The van der Waals surface area contributed by atoms with Gasteiger partial charge in [0.05, 0.1) is 10.9 Å². The summed E-state index contributed by atoms with van der Waals surface area (Å²) in [5, 5.41) is 1.02. The summed E-state index contributed by atoms with van der Waals surface area (Å²) in [4.78, 5) is 14.5. The number of benzene rings is 1. The Bertz CT molecular complexity index is 932. The van der Waals surface area contributed by atoms with E-state index < -0.39 is 17.3 Å². The highest BCUT2D eigenvalue weighted by Gasteiger charge is 2.32. The average molecular weight is 294 g/mol. The van der Waals surface area contributed by atoms with Gasteiger partial charge in [-0.3, -0.25) is 4.79 Å². The quantitative estimate of drug-likeness (QED) is 0.675. The van der Waals surface area contributed by atoms with Gasteiger partial charge in [0.1, 0.15) is 5.69 Å². The molecule has 0 bridgehead atoms. The minimum Gasteiger partial charge on any atom is -0.351 e. The van der Waals surface area contributed by atoms with Gasteiger partial charge in [0, 0.05) is 29.7 Å². The third-order valence-electron chi connectivity index (χ3n) is 4.06. The first-order chi connectivity index (χ1) is 9.71. The van der Waals surface area contributed by atoms with Gasteiger partial charge in [0.25, 0.3) is 0 Å². The molecule has 0 atom stereocenters. The molecule has 6 heteroatoms. The molecule has 110 valence electrons. The lowest BCUT2D eigenvalue weighted by atomic mass is 10.1. The Balaban J connectivity index is 2.53. The molecule has 1 N–H and O–H groups in total. The van der Waals surface area contributed by atoms with E-state index in [0.717, 1.165) is 16.8 Å². The number of hydrogen-bond acceptors (Lipinski definition) is 1. The number of aromatic nitrogens is 2. The number of hydrogen-bond donors (Lipinski definition) is 1. The van der Waals surface area contributed by atoms with Crippen LogP contribution in [0.4, 0.5) is 13.2 Å². The lowest BCUT2D eigenvalue weighted by molar-refractivity contribution is -0.141. The minimum atomic E-state index is -4.57. The van der Waals surface area contributed by atoms with Crippen molar-refractivity contribution in [2.45, 2.75) is 20.0 Å². The Morgan fingerprint density at radius 1 is 1.14 bits per heavy atom. The SMILES string of the molecule is Cc1c(C)n(C)c2ccc3[nH]c(C(F)(F)F)cc(=O)c3c12. The van der Waals surface area contributed by atoms with Crippen molar-refractivity contribution in [3.05, 3.63) is 45.4 Å². The summed E-state index contributed by atoms with van der Waals surface area (Å²) in [7, 11) is 1.87. The van der Waals surface area contributed by atoms with Gasteiger partial charge >= 0.3 is 6.18 Å². The highest BCUT2D eigenvalue weighted by molar-refractivity contribution is 6.07. The van der Waals surface area contributed by atoms with Crippen molar-refractivity contribution < 1.29 is 13.2 Å². The van der Waals surface area contributed by atoms with E-state index >= 15 is 0 Å². The molecule has 0 aliphatic rings. The Kier molecular flexibility index (Phi) is 2.70. The molecule has 0 saturated heterocycles. The van der Waals surface area contributed by atoms with Crippen molar-refractivity contribution in [2.24, 2.45) is 7.05 Å².